The molecule has 3 nitrogen and oxygen atoms in total. The van der Waals surface area contributed by atoms with Gasteiger partial charge in [-0.25, -0.2) is 0 Å². The molecule has 0 fully saturated rings. The van der Waals surface area contributed by atoms with Crippen molar-refractivity contribution >= 4 is 16.8 Å². The van der Waals surface area contributed by atoms with Gasteiger partial charge in [0.25, 0.3) is 0 Å². The molecule has 0 unspecified atom stereocenters. The van der Waals surface area contributed by atoms with E-state index >= 15 is 0 Å². The van der Waals surface area contributed by atoms with E-state index in [1.165, 1.54) is 22.2 Å². The summed E-state index contributed by atoms with van der Waals surface area (Å²) in [5.41, 5.74) is 5.08. The molecule has 0 aliphatic carbocycles. The number of carbonyl (C=O) groups excluding carboxylic acids is 1. The van der Waals surface area contributed by atoms with Crippen LogP contribution < -0.4 is 0 Å². The molecular formula is C22H22N2O. The molecule has 0 bridgehead atoms. The molecule has 1 aromatic heterocycles. The average molecular weight is 330 g/mol. The second-order valence-corrected chi connectivity index (χ2v) is 7.22. The Labute approximate surface area is 147 Å². The number of aromatic nitrogens is 1. The van der Waals surface area contributed by atoms with Crippen molar-refractivity contribution in [2.24, 2.45) is 5.92 Å². The number of hydrogen-bond acceptors (Lipinski definition) is 2. The van der Waals surface area contributed by atoms with Gasteiger partial charge in [-0.2, -0.15) is 0 Å². The van der Waals surface area contributed by atoms with Crippen LogP contribution in [0.2, 0.25) is 0 Å². The highest BCUT2D eigenvalue weighted by molar-refractivity contribution is 6.00. The number of carbonyl (C=O) groups is 1. The average Bonchev–Trinajstić information content (AvgIpc) is 3.14. The maximum absolute atomic E-state index is 13.2. The van der Waals surface area contributed by atoms with Crippen LogP contribution in [0, 0.1) is 5.92 Å². The Balaban J connectivity index is 1.65. The zero-order chi connectivity index (χ0) is 17.0. The first-order valence-electron chi connectivity index (χ1n) is 9.24. The molecule has 2 aliphatic rings. The molecule has 2 atom stereocenters. The lowest BCUT2D eigenvalue weighted by Crippen LogP contribution is -2.37. The third kappa shape index (κ3) is 2.05. The van der Waals surface area contributed by atoms with Crippen LogP contribution in [0.3, 0.4) is 0 Å². The molecule has 0 saturated carbocycles. The molecule has 0 saturated heterocycles. The Bertz CT molecular complexity index is 957. The molecular weight excluding hydrogens is 308 g/mol. The van der Waals surface area contributed by atoms with Crippen molar-refractivity contribution in [3.63, 3.8) is 0 Å². The highest BCUT2D eigenvalue weighted by Crippen LogP contribution is 2.47. The van der Waals surface area contributed by atoms with Crippen molar-refractivity contribution in [2.45, 2.75) is 32.4 Å². The molecule has 5 rings (SSSR count). The number of para-hydroxylation sites is 1. The van der Waals surface area contributed by atoms with E-state index in [0.29, 0.717) is 0 Å². The SMILES string of the molecule is CC[C@H]1C(=O)n2c3c(c4ccccc42)CCN(Cc2ccccc2)[C@@H]31. The summed E-state index contributed by atoms with van der Waals surface area (Å²) < 4.78 is 2.03. The first-order chi connectivity index (χ1) is 12.3. The third-order valence-corrected chi connectivity index (χ3v) is 5.93. The van der Waals surface area contributed by atoms with Crippen LogP contribution in [-0.2, 0) is 13.0 Å². The van der Waals surface area contributed by atoms with E-state index in [1.54, 1.807) is 0 Å². The number of hydrogen-bond donors (Lipinski definition) is 0. The molecule has 2 aromatic carbocycles. The summed E-state index contributed by atoms with van der Waals surface area (Å²) in [6.45, 7) is 4.08. The zero-order valence-corrected chi connectivity index (χ0v) is 14.5. The number of fused-ring (bicyclic) bond motifs is 3. The van der Waals surface area contributed by atoms with E-state index in [4.69, 9.17) is 0 Å². The second kappa shape index (κ2) is 5.57. The van der Waals surface area contributed by atoms with Crippen molar-refractivity contribution in [3.05, 3.63) is 71.4 Å². The van der Waals surface area contributed by atoms with Gasteiger partial charge in [-0.15, -0.1) is 0 Å². The van der Waals surface area contributed by atoms with E-state index in [1.807, 2.05) is 10.6 Å². The minimum absolute atomic E-state index is 0.0716. The smallest absolute Gasteiger partial charge is 0.236 e. The fourth-order valence-corrected chi connectivity index (χ4v) is 4.84. The van der Waals surface area contributed by atoms with Crippen molar-refractivity contribution in [1.29, 1.82) is 0 Å². The molecule has 0 radical (unpaired) electrons. The Morgan fingerprint density at radius 3 is 2.60 bits per heavy atom. The molecule has 2 aliphatic heterocycles. The van der Waals surface area contributed by atoms with Gasteiger partial charge in [-0.3, -0.25) is 14.3 Å². The van der Waals surface area contributed by atoms with Gasteiger partial charge in [0.15, 0.2) is 0 Å². The minimum Gasteiger partial charge on any atom is -0.289 e. The van der Waals surface area contributed by atoms with Gasteiger partial charge >= 0.3 is 0 Å². The van der Waals surface area contributed by atoms with E-state index in [2.05, 4.69) is 60.4 Å². The number of nitrogens with zero attached hydrogens (tertiary/aromatic N) is 2. The second-order valence-electron chi connectivity index (χ2n) is 7.22. The summed E-state index contributed by atoms with van der Waals surface area (Å²) in [7, 11) is 0. The van der Waals surface area contributed by atoms with Crippen LogP contribution in [0.4, 0.5) is 0 Å². The standard InChI is InChI=1S/C22H22N2O/c1-2-16-20-21-18(12-13-23(20)14-15-8-4-3-5-9-15)17-10-6-7-11-19(17)24(21)22(16)25/h3-11,16,20H,2,12-14H2,1H3/t16-,20-/m1/s1. The molecule has 3 heteroatoms. The van der Waals surface area contributed by atoms with Crippen molar-refractivity contribution < 1.29 is 4.79 Å². The molecule has 126 valence electrons. The molecule has 3 heterocycles. The Morgan fingerprint density at radius 1 is 1.04 bits per heavy atom. The Hall–Kier alpha value is -2.39. The predicted octanol–water partition coefficient (Wildman–Crippen LogP) is 4.42. The maximum atomic E-state index is 13.2. The van der Waals surface area contributed by atoms with Crippen LogP contribution >= 0.6 is 0 Å². The van der Waals surface area contributed by atoms with E-state index < -0.39 is 0 Å². The van der Waals surface area contributed by atoms with Gasteiger partial charge in [-0.1, -0.05) is 55.5 Å². The quantitative estimate of drug-likeness (QED) is 0.710. The fraction of sp³-hybridized carbons (Fsp3) is 0.318. The van der Waals surface area contributed by atoms with Crippen molar-refractivity contribution in [3.8, 4) is 0 Å². The van der Waals surface area contributed by atoms with Crippen LogP contribution in [-0.4, -0.2) is 21.9 Å². The van der Waals surface area contributed by atoms with Gasteiger partial charge in [0.2, 0.25) is 5.91 Å². The van der Waals surface area contributed by atoms with Crippen LogP contribution in [0.5, 0.6) is 0 Å². The molecule has 25 heavy (non-hydrogen) atoms. The third-order valence-electron chi connectivity index (χ3n) is 5.93. The molecule has 3 aromatic rings. The van der Waals surface area contributed by atoms with Gasteiger partial charge in [0, 0.05) is 24.2 Å². The summed E-state index contributed by atoms with van der Waals surface area (Å²) >= 11 is 0. The lowest BCUT2D eigenvalue weighted by Gasteiger charge is -2.36. The summed E-state index contributed by atoms with van der Waals surface area (Å²) in [5, 5.41) is 1.27. The van der Waals surface area contributed by atoms with E-state index in [0.717, 1.165) is 31.4 Å². The lowest BCUT2D eigenvalue weighted by atomic mass is 9.88. The maximum Gasteiger partial charge on any atom is 0.236 e. The summed E-state index contributed by atoms with van der Waals surface area (Å²) in [6.07, 6.45) is 1.92. The largest absolute Gasteiger partial charge is 0.289 e. The Kier molecular flexibility index (Phi) is 3.32. The minimum atomic E-state index is 0.0716. The highest BCUT2D eigenvalue weighted by atomic mass is 16.2. The normalized spacial score (nSPS) is 22.5. The van der Waals surface area contributed by atoms with E-state index in [-0.39, 0.29) is 17.9 Å². The van der Waals surface area contributed by atoms with Crippen LogP contribution in [0.15, 0.2) is 54.6 Å². The van der Waals surface area contributed by atoms with Gasteiger partial charge in [0.1, 0.15) is 0 Å². The van der Waals surface area contributed by atoms with Crippen LogP contribution in [0.25, 0.3) is 10.9 Å². The fourth-order valence-electron chi connectivity index (χ4n) is 4.84. The lowest BCUT2D eigenvalue weighted by molar-refractivity contribution is 0.0757. The number of rotatable bonds is 3. The predicted molar refractivity (Wildman–Crippen MR) is 99.6 cm³/mol. The van der Waals surface area contributed by atoms with E-state index in [9.17, 15) is 4.79 Å². The van der Waals surface area contributed by atoms with Gasteiger partial charge in [0.05, 0.1) is 17.5 Å². The first-order valence-corrected chi connectivity index (χ1v) is 9.24. The summed E-state index contributed by atoms with van der Waals surface area (Å²) in [6, 6.07) is 19.2. The summed E-state index contributed by atoms with van der Waals surface area (Å²) in [5.74, 6) is 0.354. The first kappa shape index (κ1) is 14.9. The molecule has 0 amide bonds. The zero-order valence-electron chi connectivity index (χ0n) is 14.5. The van der Waals surface area contributed by atoms with Crippen LogP contribution in [0.1, 0.15) is 41.0 Å². The van der Waals surface area contributed by atoms with Gasteiger partial charge in [-0.05, 0) is 30.0 Å². The molecule has 0 N–H and O–H groups in total. The number of benzene rings is 2. The topological polar surface area (TPSA) is 25.2 Å². The Morgan fingerprint density at radius 2 is 1.80 bits per heavy atom. The van der Waals surface area contributed by atoms with Crippen molar-refractivity contribution in [1.82, 2.24) is 9.47 Å². The highest BCUT2D eigenvalue weighted by Gasteiger charge is 2.46. The monoisotopic (exact) mass is 330 g/mol. The molecule has 0 spiro atoms. The summed E-state index contributed by atoms with van der Waals surface area (Å²) in [4.78, 5) is 15.7. The van der Waals surface area contributed by atoms with Crippen molar-refractivity contribution in [2.75, 3.05) is 6.54 Å². The van der Waals surface area contributed by atoms with Gasteiger partial charge < -0.3 is 0 Å².